The van der Waals surface area contributed by atoms with E-state index >= 15 is 0 Å². The number of aromatic nitrogens is 3. The minimum Gasteiger partial charge on any atom is -0.345 e. The van der Waals surface area contributed by atoms with Crippen LogP contribution >= 0.6 is 0 Å². The highest BCUT2D eigenvalue weighted by molar-refractivity contribution is 5.97. The predicted molar refractivity (Wildman–Crippen MR) is 111 cm³/mol. The third kappa shape index (κ3) is 3.39. The van der Waals surface area contributed by atoms with Crippen LogP contribution in [0.25, 0.3) is 22.2 Å². The first-order valence-corrected chi connectivity index (χ1v) is 9.28. The van der Waals surface area contributed by atoms with Crippen LogP contribution in [0.4, 0.5) is 0 Å². The normalized spacial score (nSPS) is 12.1. The first-order valence-electron chi connectivity index (χ1n) is 9.28. The Morgan fingerprint density at radius 2 is 1.71 bits per heavy atom. The molecular weight excluding hydrogens is 348 g/mol. The molecule has 0 bridgehead atoms. The molecule has 0 spiro atoms. The number of pyridine rings is 1. The van der Waals surface area contributed by atoms with Crippen molar-refractivity contribution in [2.75, 3.05) is 0 Å². The minimum absolute atomic E-state index is 0.108. The highest BCUT2D eigenvalue weighted by atomic mass is 16.1. The van der Waals surface area contributed by atoms with Gasteiger partial charge in [-0.05, 0) is 36.6 Å². The molecule has 5 heteroatoms. The summed E-state index contributed by atoms with van der Waals surface area (Å²) < 4.78 is 1.73. The van der Waals surface area contributed by atoms with Crippen molar-refractivity contribution in [2.24, 2.45) is 7.05 Å². The second kappa shape index (κ2) is 7.27. The van der Waals surface area contributed by atoms with Gasteiger partial charge in [0.25, 0.3) is 5.91 Å². The van der Waals surface area contributed by atoms with Crippen molar-refractivity contribution < 1.29 is 4.79 Å². The van der Waals surface area contributed by atoms with Crippen molar-refractivity contribution in [1.29, 1.82) is 0 Å². The van der Waals surface area contributed by atoms with Crippen LogP contribution in [-0.2, 0) is 7.05 Å². The lowest BCUT2D eigenvalue weighted by Crippen LogP contribution is -2.26. The van der Waals surface area contributed by atoms with Gasteiger partial charge in [-0.1, -0.05) is 54.6 Å². The molecule has 0 fully saturated rings. The molecular formula is C23H22N4O. The molecule has 4 aromatic rings. The number of nitrogens with zero attached hydrogens (tertiary/aromatic N) is 3. The van der Waals surface area contributed by atoms with E-state index in [0.29, 0.717) is 5.56 Å². The molecule has 140 valence electrons. The van der Waals surface area contributed by atoms with Crippen LogP contribution in [0.1, 0.15) is 34.6 Å². The lowest BCUT2D eigenvalue weighted by atomic mass is 10.0. The molecule has 1 atom stereocenters. The van der Waals surface area contributed by atoms with Crippen LogP contribution in [0.15, 0.2) is 66.9 Å². The first kappa shape index (κ1) is 17.9. The summed E-state index contributed by atoms with van der Waals surface area (Å²) in [5.74, 6) is -0.141. The Hall–Kier alpha value is -3.47. The fraction of sp³-hybridized carbons (Fsp3) is 0.174. The average molecular weight is 370 g/mol. The quantitative estimate of drug-likeness (QED) is 0.578. The Labute approximate surface area is 164 Å². The molecule has 1 amide bonds. The molecule has 0 aliphatic carbocycles. The van der Waals surface area contributed by atoms with Gasteiger partial charge < -0.3 is 5.32 Å². The molecule has 2 aromatic carbocycles. The number of fused-ring (bicyclic) bond motifs is 1. The van der Waals surface area contributed by atoms with E-state index < -0.39 is 0 Å². The summed E-state index contributed by atoms with van der Waals surface area (Å²) in [6.45, 7) is 3.90. The molecule has 28 heavy (non-hydrogen) atoms. The topological polar surface area (TPSA) is 59.8 Å². The summed E-state index contributed by atoms with van der Waals surface area (Å²) >= 11 is 0. The van der Waals surface area contributed by atoms with E-state index in [9.17, 15) is 4.79 Å². The van der Waals surface area contributed by atoms with E-state index in [0.717, 1.165) is 27.9 Å². The highest BCUT2D eigenvalue weighted by Gasteiger charge is 2.15. The summed E-state index contributed by atoms with van der Waals surface area (Å²) in [5.41, 5.74) is 5.57. The van der Waals surface area contributed by atoms with Gasteiger partial charge in [0.05, 0.1) is 17.3 Å². The second-order valence-electron chi connectivity index (χ2n) is 6.99. The summed E-state index contributed by atoms with van der Waals surface area (Å²) in [4.78, 5) is 17.1. The Bertz CT molecular complexity index is 1130. The molecule has 5 nitrogen and oxygen atoms in total. The van der Waals surface area contributed by atoms with Gasteiger partial charge in [-0.3, -0.25) is 9.48 Å². The van der Waals surface area contributed by atoms with Crippen molar-refractivity contribution >= 4 is 16.9 Å². The van der Waals surface area contributed by atoms with E-state index in [1.54, 1.807) is 10.9 Å². The molecule has 2 heterocycles. The Kier molecular flexibility index (Phi) is 4.65. The van der Waals surface area contributed by atoms with Crippen molar-refractivity contribution in [1.82, 2.24) is 20.1 Å². The summed E-state index contributed by atoms with van der Waals surface area (Å²) in [5, 5.41) is 8.31. The lowest BCUT2D eigenvalue weighted by Gasteiger charge is -2.15. The van der Waals surface area contributed by atoms with Crippen molar-refractivity contribution in [3.05, 3.63) is 83.7 Å². The zero-order valence-corrected chi connectivity index (χ0v) is 16.2. The average Bonchev–Trinajstić information content (AvgIpc) is 3.02. The minimum atomic E-state index is -0.141. The molecule has 0 aliphatic rings. The predicted octanol–water partition coefficient (Wildman–Crippen LogP) is 4.43. The SMILES string of the molecule is Cc1nn(C)c2ncc(C(=O)NC(C)c3ccc(-c4ccccc4)cc3)cc12. The third-order valence-electron chi connectivity index (χ3n) is 4.99. The van der Waals surface area contributed by atoms with Crippen LogP contribution in [0.2, 0.25) is 0 Å². The number of amides is 1. The van der Waals surface area contributed by atoms with Crippen LogP contribution in [0.3, 0.4) is 0 Å². The van der Waals surface area contributed by atoms with Gasteiger partial charge in [0, 0.05) is 18.6 Å². The Balaban J connectivity index is 1.51. The van der Waals surface area contributed by atoms with Gasteiger partial charge in [-0.2, -0.15) is 5.10 Å². The van der Waals surface area contributed by atoms with E-state index in [4.69, 9.17) is 0 Å². The smallest absolute Gasteiger partial charge is 0.253 e. The monoisotopic (exact) mass is 370 g/mol. The summed E-state index contributed by atoms with van der Waals surface area (Å²) in [7, 11) is 1.85. The van der Waals surface area contributed by atoms with E-state index in [2.05, 4.69) is 51.8 Å². The Morgan fingerprint density at radius 3 is 2.43 bits per heavy atom. The highest BCUT2D eigenvalue weighted by Crippen LogP contribution is 2.22. The fourth-order valence-electron chi connectivity index (χ4n) is 3.39. The number of benzene rings is 2. The molecule has 1 unspecified atom stereocenters. The molecule has 2 aromatic heterocycles. The second-order valence-corrected chi connectivity index (χ2v) is 6.99. The first-order chi connectivity index (χ1) is 13.5. The number of nitrogens with one attached hydrogen (secondary N) is 1. The van der Waals surface area contributed by atoms with Gasteiger partial charge in [0.2, 0.25) is 0 Å². The number of carbonyl (C=O) groups is 1. The van der Waals surface area contributed by atoms with Crippen molar-refractivity contribution in [3.8, 4) is 11.1 Å². The number of carbonyl (C=O) groups excluding carboxylic acids is 1. The standard InChI is InChI=1S/C23H22N4O/c1-15(17-9-11-19(12-10-17)18-7-5-4-6-8-18)25-23(28)20-13-21-16(2)26-27(3)22(21)24-14-20/h4-15H,1-3H3,(H,25,28). The largest absolute Gasteiger partial charge is 0.345 e. The summed E-state index contributed by atoms with van der Waals surface area (Å²) in [6.07, 6.45) is 1.60. The fourth-order valence-corrected chi connectivity index (χ4v) is 3.39. The molecule has 4 rings (SSSR count). The maximum Gasteiger partial charge on any atom is 0.253 e. The van der Waals surface area contributed by atoms with Crippen LogP contribution < -0.4 is 5.32 Å². The lowest BCUT2D eigenvalue weighted by molar-refractivity contribution is 0.0939. The van der Waals surface area contributed by atoms with E-state index in [-0.39, 0.29) is 11.9 Å². The Morgan fingerprint density at radius 1 is 1.04 bits per heavy atom. The molecule has 0 saturated carbocycles. The maximum absolute atomic E-state index is 12.7. The number of hydrogen-bond donors (Lipinski definition) is 1. The third-order valence-corrected chi connectivity index (χ3v) is 4.99. The van der Waals surface area contributed by atoms with Gasteiger partial charge in [-0.25, -0.2) is 4.98 Å². The van der Waals surface area contributed by atoms with Crippen LogP contribution in [0, 0.1) is 6.92 Å². The molecule has 0 radical (unpaired) electrons. The van der Waals surface area contributed by atoms with E-state index in [1.165, 1.54) is 5.56 Å². The number of aryl methyl sites for hydroxylation is 2. The maximum atomic E-state index is 12.7. The van der Waals surface area contributed by atoms with Gasteiger partial charge in [0.1, 0.15) is 0 Å². The van der Waals surface area contributed by atoms with Crippen molar-refractivity contribution in [3.63, 3.8) is 0 Å². The summed E-state index contributed by atoms with van der Waals surface area (Å²) in [6, 6.07) is 20.3. The van der Waals surface area contributed by atoms with Crippen molar-refractivity contribution in [2.45, 2.75) is 19.9 Å². The molecule has 0 aliphatic heterocycles. The van der Waals surface area contributed by atoms with Crippen LogP contribution in [-0.4, -0.2) is 20.7 Å². The van der Waals surface area contributed by atoms with Gasteiger partial charge >= 0.3 is 0 Å². The van der Waals surface area contributed by atoms with Gasteiger partial charge in [-0.15, -0.1) is 0 Å². The molecule has 0 saturated heterocycles. The zero-order valence-electron chi connectivity index (χ0n) is 16.2. The number of rotatable bonds is 4. The zero-order chi connectivity index (χ0) is 19.7. The van der Waals surface area contributed by atoms with Crippen LogP contribution in [0.5, 0.6) is 0 Å². The number of hydrogen-bond acceptors (Lipinski definition) is 3. The molecule has 1 N–H and O–H groups in total. The van der Waals surface area contributed by atoms with E-state index in [1.807, 2.05) is 45.2 Å². The van der Waals surface area contributed by atoms with Gasteiger partial charge in [0.15, 0.2) is 5.65 Å².